The fourth-order valence-electron chi connectivity index (χ4n) is 3.37. The maximum atomic E-state index is 5.78. The summed E-state index contributed by atoms with van der Waals surface area (Å²) >= 11 is 0. The van der Waals surface area contributed by atoms with E-state index in [1.165, 1.54) is 0 Å². The van der Waals surface area contributed by atoms with Crippen LogP contribution in [0.5, 0.6) is 17.2 Å². The highest BCUT2D eigenvalue weighted by Crippen LogP contribution is 2.41. The number of nitrogens with zero attached hydrogens (tertiary/aromatic N) is 1. The third kappa shape index (κ3) is 3.75. The second-order valence-corrected chi connectivity index (χ2v) is 6.01. The van der Waals surface area contributed by atoms with E-state index < -0.39 is 0 Å². The van der Waals surface area contributed by atoms with Crippen LogP contribution >= 0.6 is 0 Å². The molecule has 6 heteroatoms. The maximum absolute atomic E-state index is 5.78. The van der Waals surface area contributed by atoms with Crippen molar-refractivity contribution in [1.29, 1.82) is 0 Å². The number of hydrogen-bond donors (Lipinski definition) is 1. The number of benzene rings is 1. The number of rotatable bonds is 6. The zero-order valence-corrected chi connectivity index (χ0v) is 15.1. The summed E-state index contributed by atoms with van der Waals surface area (Å²) in [4.78, 5) is 2.42. The van der Waals surface area contributed by atoms with E-state index in [1.54, 1.807) is 27.6 Å². The smallest absolute Gasteiger partial charge is 0.164 e. The summed E-state index contributed by atoms with van der Waals surface area (Å²) in [5, 5.41) is 3.45. The molecule has 3 rings (SSSR count). The minimum Gasteiger partial charge on any atom is -0.496 e. The molecular formula is C19H26N2O4. The predicted octanol–water partition coefficient (Wildman–Crippen LogP) is 2.69. The zero-order chi connectivity index (χ0) is 17.6. The van der Waals surface area contributed by atoms with E-state index in [1.807, 2.05) is 24.3 Å². The summed E-state index contributed by atoms with van der Waals surface area (Å²) in [5.41, 5.74) is 1.01. The first kappa shape index (κ1) is 17.6. The van der Waals surface area contributed by atoms with Gasteiger partial charge < -0.3 is 23.9 Å². The number of hydrogen-bond acceptors (Lipinski definition) is 6. The monoisotopic (exact) mass is 346 g/mol. The van der Waals surface area contributed by atoms with Crippen LogP contribution in [0, 0.1) is 0 Å². The molecule has 1 aromatic heterocycles. The number of nitrogens with one attached hydrogen (secondary N) is 1. The number of ether oxygens (including phenoxy) is 3. The summed E-state index contributed by atoms with van der Waals surface area (Å²) in [6.45, 7) is 3.90. The summed E-state index contributed by atoms with van der Waals surface area (Å²) in [7, 11) is 4.95. The molecule has 0 amide bonds. The van der Waals surface area contributed by atoms with E-state index in [-0.39, 0.29) is 6.04 Å². The van der Waals surface area contributed by atoms with Gasteiger partial charge >= 0.3 is 0 Å². The molecule has 2 heterocycles. The van der Waals surface area contributed by atoms with Gasteiger partial charge in [-0.15, -0.1) is 0 Å². The van der Waals surface area contributed by atoms with Gasteiger partial charge in [-0.3, -0.25) is 4.90 Å². The summed E-state index contributed by atoms with van der Waals surface area (Å²) < 4.78 is 22.4. The van der Waals surface area contributed by atoms with Gasteiger partial charge in [0.05, 0.1) is 33.6 Å². The van der Waals surface area contributed by atoms with Crippen LogP contribution in [0.3, 0.4) is 0 Å². The van der Waals surface area contributed by atoms with E-state index in [9.17, 15) is 0 Å². The molecule has 25 heavy (non-hydrogen) atoms. The fourth-order valence-corrected chi connectivity index (χ4v) is 3.37. The standard InChI is InChI=1S/C19H26N2O4/c1-22-16-13-18(24-3)17(23-2)12-14(16)19(15-6-4-11-25-15)21-9-5-7-20-8-10-21/h4,6,11-13,19-20H,5,7-10H2,1-3H3. The second kappa shape index (κ2) is 8.27. The molecule has 0 aliphatic carbocycles. The molecule has 1 aliphatic rings. The van der Waals surface area contributed by atoms with Crippen molar-refractivity contribution in [2.75, 3.05) is 47.5 Å². The quantitative estimate of drug-likeness (QED) is 0.868. The van der Waals surface area contributed by atoms with Gasteiger partial charge in [0, 0.05) is 31.3 Å². The molecule has 1 unspecified atom stereocenters. The van der Waals surface area contributed by atoms with Gasteiger partial charge in [-0.05, 0) is 31.2 Å². The molecule has 2 aromatic rings. The number of furan rings is 1. The minimum atomic E-state index is -0.0374. The van der Waals surface area contributed by atoms with Crippen LogP contribution in [0.4, 0.5) is 0 Å². The van der Waals surface area contributed by atoms with Crippen molar-refractivity contribution in [3.05, 3.63) is 41.9 Å². The number of methoxy groups -OCH3 is 3. The lowest BCUT2D eigenvalue weighted by Gasteiger charge is -2.30. The van der Waals surface area contributed by atoms with Crippen molar-refractivity contribution in [2.24, 2.45) is 0 Å². The van der Waals surface area contributed by atoms with Crippen LogP contribution in [0.15, 0.2) is 34.9 Å². The average molecular weight is 346 g/mol. The van der Waals surface area contributed by atoms with E-state index in [0.717, 1.165) is 49.7 Å². The first-order valence-corrected chi connectivity index (χ1v) is 8.56. The lowest BCUT2D eigenvalue weighted by Crippen LogP contribution is -2.33. The maximum Gasteiger partial charge on any atom is 0.164 e. The van der Waals surface area contributed by atoms with Crippen molar-refractivity contribution in [3.63, 3.8) is 0 Å². The van der Waals surface area contributed by atoms with Crippen molar-refractivity contribution < 1.29 is 18.6 Å². The highest BCUT2D eigenvalue weighted by molar-refractivity contribution is 5.53. The Bertz CT molecular complexity index is 664. The van der Waals surface area contributed by atoms with Gasteiger partial charge in [-0.1, -0.05) is 0 Å². The molecule has 1 aliphatic heterocycles. The Balaban J connectivity index is 2.09. The van der Waals surface area contributed by atoms with Gasteiger partial charge in [0.2, 0.25) is 0 Å². The third-order valence-electron chi connectivity index (χ3n) is 4.58. The van der Waals surface area contributed by atoms with Crippen LogP contribution in [0.25, 0.3) is 0 Å². The Morgan fingerprint density at radius 3 is 2.44 bits per heavy atom. The fraction of sp³-hybridized carbons (Fsp3) is 0.474. The molecule has 0 saturated carbocycles. The van der Waals surface area contributed by atoms with E-state index in [4.69, 9.17) is 18.6 Å². The Morgan fingerprint density at radius 2 is 1.76 bits per heavy atom. The van der Waals surface area contributed by atoms with Crippen LogP contribution in [0.2, 0.25) is 0 Å². The molecule has 1 aromatic carbocycles. The molecule has 6 nitrogen and oxygen atoms in total. The Kier molecular flexibility index (Phi) is 5.83. The van der Waals surface area contributed by atoms with Gasteiger partial charge in [0.15, 0.2) is 11.5 Å². The lowest BCUT2D eigenvalue weighted by molar-refractivity contribution is 0.211. The molecule has 1 atom stereocenters. The normalized spacial score (nSPS) is 16.9. The molecule has 1 N–H and O–H groups in total. The van der Waals surface area contributed by atoms with Crippen LogP contribution in [-0.4, -0.2) is 52.4 Å². The molecule has 1 saturated heterocycles. The van der Waals surface area contributed by atoms with Gasteiger partial charge in [0.25, 0.3) is 0 Å². The summed E-state index contributed by atoms with van der Waals surface area (Å²) in [6.07, 6.45) is 2.80. The van der Waals surface area contributed by atoms with Crippen molar-refractivity contribution in [3.8, 4) is 17.2 Å². The van der Waals surface area contributed by atoms with Crippen LogP contribution in [0.1, 0.15) is 23.8 Å². The predicted molar refractivity (Wildman–Crippen MR) is 95.7 cm³/mol. The SMILES string of the molecule is COc1cc(OC)c(C(c2ccco2)N2CCCNCC2)cc1OC. The first-order chi connectivity index (χ1) is 12.3. The highest BCUT2D eigenvalue weighted by Gasteiger charge is 2.29. The van der Waals surface area contributed by atoms with Crippen LogP contribution in [-0.2, 0) is 0 Å². The lowest BCUT2D eigenvalue weighted by atomic mass is 10.00. The second-order valence-electron chi connectivity index (χ2n) is 6.01. The third-order valence-corrected chi connectivity index (χ3v) is 4.58. The van der Waals surface area contributed by atoms with Crippen molar-refractivity contribution >= 4 is 0 Å². The topological polar surface area (TPSA) is 56.1 Å². The molecule has 0 spiro atoms. The molecule has 0 radical (unpaired) electrons. The van der Waals surface area contributed by atoms with E-state index >= 15 is 0 Å². The molecule has 1 fully saturated rings. The Morgan fingerprint density at radius 1 is 1.00 bits per heavy atom. The largest absolute Gasteiger partial charge is 0.496 e. The summed E-state index contributed by atoms with van der Waals surface area (Å²) in [5.74, 6) is 2.99. The van der Waals surface area contributed by atoms with Gasteiger partial charge in [-0.25, -0.2) is 0 Å². The molecule has 136 valence electrons. The van der Waals surface area contributed by atoms with Crippen molar-refractivity contribution in [1.82, 2.24) is 10.2 Å². The molecular weight excluding hydrogens is 320 g/mol. The van der Waals surface area contributed by atoms with Gasteiger partial charge in [-0.2, -0.15) is 0 Å². The van der Waals surface area contributed by atoms with Gasteiger partial charge in [0.1, 0.15) is 11.5 Å². The minimum absolute atomic E-state index is 0.0374. The first-order valence-electron chi connectivity index (χ1n) is 8.56. The van der Waals surface area contributed by atoms with E-state index in [2.05, 4.69) is 10.2 Å². The highest BCUT2D eigenvalue weighted by atomic mass is 16.5. The zero-order valence-electron chi connectivity index (χ0n) is 15.1. The summed E-state index contributed by atoms with van der Waals surface area (Å²) in [6, 6.07) is 7.76. The Hall–Kier alpha value is -2.18. The Labute approximate surface area is 148 Å². The van der Waals surface area contributed by atoms with Crippen LogP contribution < -0.4 is 19.5 Å². The molecule has 0 bridgehead atoms. The average Bonchev–Trinajstić information content (AvgIpc) is 3.04. The van der Waals surface area contributed by atoms with Crippen molar-refractivity contribution in [2.45, 2.75) is 12.5 Å². The van der Waals surface area contributed by atoms with E-state index in [0.29, 0.717) is 11.5 Å².